The average Bonchev–Trinajstić information content (AvgIpc) is 2.88. The lowest BCUT2D eigenvalue weighted by atomic mass is 10.2. The maximum Gasteiger partial charge on any atom is 0.298 e. The molecule has 0 aromatic heterocycles. The summed E-state index contributed by atoms with van der Waals surface area (Å²) in [6.07, 6.45) is 1.67. The van der Waals surface area contributed by atoms with E-state index in [4.69, 9.17) is 9.47 Å². The molecule has 0 radical (unpaired) electrons. The minimum atomic E-state index is -0.341. The van der Waals surface area contributed by atoms with E-state index in [1.54, 1.807) is 49.6 Å². The lowest BCUT2D eigenvalue weighted by Crippen LogP contribution is -2.27. The van der Waals surface area contributed by atoms with Crippen molar-refractivity contribution < 1.29 is 19.1 Å². The van der Waals surface area contributed by atoms with Crippen molar-refractivity contribution in [2.45, 2.75) is 0 Å². The number of nitrogens with zero attached hydrogens (tertiary/aromatic N) is 1. The molecule has 1 aliphatic rings. The summed E-state index contributed by atoms with van der Waals surface area (Å²) in [6.45, 7) is 0. The van der Waals surface area contributed by atoms with E-state index in [2.05, 4.69) is 15.9 Å². The van der Waals surface area contributed by atoms with Crippen LogP contribution in [-0.2, 0) is 4.79 Å². The van der Waals surface area contributed by atoms with E-state index >= 15 is 0 Å². The third-order valence-electron chi connectivity index (χ3n) is 3.56. The number of thioether (sulfide) groups is 1. The van der Waals surface area contributed by atoms with Crippen LogP contribution in [0.5, 0.6) is 11.5 Å². The molecule has 0 N–H and O–H groups in total. The van der Waals surface area contributed by atoms with E-state index in [-0.39, 0.29) is 11.1 Å². The maximum absolute atomic E-state index is 12.6. The number of ether oxygens (including phenoxy) is 2. The predicted molar refractivity (Wildman–Crippen MR) is 102 cm³/mol. The van der Waals surface area contributed by atoms with Crippen LogP contribution < -0.4 is 14.4 Å². The van der Waals surface area contributed by atoms with Crippen molar-refractivity contribution in [1.29, 1.82) is 0 Å². The van der Waals surface area contributed by atoms with Crippen LogP contribution in [0.4, 0.5) is 10.5 Å². The Labute approximate surface area is 157 Å². The van der Waals surface area contributed by atoms with Gasteiger partial charge >= 0.3 is 0 Å². The molecule has 0 atom stereocenters. The average molecular weight is 420 g/mol. The van der Waals surface area contributed by atoms with Crippen molar-refractivity contribution in [2.75, 3.05) is 19.1 Å². The van der Waals surface area contributed by atoms with Gasteiger partial charge in [-0.15, -0.1) is 0 Å². The molecule has 0 spiro atoms. The monoisotopic (exact) mass is 419 g/mol. The quantitative estimate of drug-likeness (QED) is 0.671. The van der Waals surface area contributed by atoms with Crippen LogP contribution in [0.2, 0.25) is 0 Å². The van der Waals surface area contributed by atoms with E-state index < -0.39 is 0 Å². The summed E-state index contributed by atoms with van der Waals surface area (Å²) in [5, 5.41) is -0.318. The zero-order valence-electron chi connectivity index (χ0n) is 13.5. The zero-order valence-corrected chi connectivity index (χ0v) is 15.9. The highest BCUT2D eigenvalue weighted by Crippen LogP contribution is 2.39. The Morgan fingerprint density at radius 3 is 2.44 bits per heavy atom. The summed E-state index contributed by atoms with van der Waals surface area (Å²) in [5.41, 5.74) is 1.28. The molecular formula is C18H14BrNO4S. The van der Waals surface area contributed by atoms with Gasteiger partial charge in [-0.05, 0) is 63.6 Å². The molecule has 1 saturated heterocycles. The molecule has 0 bridgehead atoms. The molecule has 3 rings (SSSR count). The Bertz CT molecular complexity index is 867. The number of benzene rings is 2. The van der Waals surface area contributed by atoms with Crippen molar-refractivity contribution in [3.8, 4) is 11.5 Å². The van der Waals surface area contributed by atoms with Crippen molar-refractivity contribution in [2.24, 2.45) is 0 Å². The molecule has 0 saturated carbocycles. The molecule has 1 fully saturated rings. The second-order valence-corrected chi connectivity index (χ2v) is 6.94. The number of halogens is 1. The Morgan fingerprint density at radius 1 is 1.08 bits per heavy atom. The summed E-state index contributed by atoms with van der Waals surface area (Å²) < 4.78 is 11.3. The maximum atomic E-state index is 12.6. The molecule has 7 heteroatoms. The van der Waals surface area contributed by atoms with E-state index in [1.165, 1.54) is 12.0 Å². The molecule has 1 heterocycles. The fourth-order valence-electron chi connectivity index (χ4n) is 2.44. The molecule has 2 amide bonds. The smallest absolute Gasteiger partial charge is 0.298 e. The van der Waals surface area contributed by atoms with E-state index in [0.717, 1.165) is 17.3 Å². The van der Waals surface area contributed by atoms with Crippen LogP contribution in [0.25, 0.3) is 6.08 Å². The van der Waals surface area contributed by atoms with Crippen LogP contribution in [0.1, 0.15) is 5.56 Å². The van der Waals surface area contributed by atoms with Crippen LogP contribution in [0, 0.1) is 0 Å². The lowest BCUT2D eigenvalue weighted by Gasteiger charge is -2.12. The van der Waals surface area contributed by atoms with Crippen molar-refractivity contribution in [1.82, 2.24) is 0 Å². The first-order valence-corrected chi connectivity index (χ1v) is 8.90. The van der Waals surface area contributed by atoms with E-state index in [1.807, 2.05) is 6.07 Å². The van der Waals surface area contributed by atoms with Gasteiger partial charge in [-0.2, -0.15) is 0 Å². The highest BCUT2D eigenvalue weighted by Gasteiger charge is 2.36. The Balaban J connectivity index is 1.96. The fraction of sp³-hybridized carbons (Fsp3) is 0.111. The summed E-state index contributed by atoms with van der Waals surface area (Å²) in [4.78, 5) is 26.4. The minimum absolute atomic E-state index is 0.318. The second kappa shape index (κ2) is 7.33. The van der Waals surface area contributed by atoms with Crippen molar-refractivity contribution in [3.05, 3.63) is 57.4 Å². The molecule has 1 aliphatic heterocycles. The summed E-state index contributed by atoms with van der Waals surface area (Å²) in [6, 6.07) is 12.4. The molecule has 25 heavy (non-hydrogen) atoms. The number of amides is 2. The van der Waals surface area contributed by atoms with Gasteiger partial charge in [-0.1, -0.05) is 18.2 Å². The van der Waals surface area contributed by atoms with Crippen LogP contribution in [0.3, 0.4) is 0 Å². The molecule has 2 aromatic carbocycles. The fourth-order valence-corrected chi connectivity index (χ4v) is 3.90. The molecular weight excluding hydrogens is 406 g/mol. The summed E-state index contributed by atoms with van der Waals surface area (Å²) in [7, 11) is 3.09. The standard InChI is InChI=1S/C18H14BrNO4S/c1-23-14-9-11(8-13(19)16(14)24-2)10-15-17(21)20(18(22)25-15)12-6-4-3-5-7-12/h3-10H,1-2H3. The van der Waals surface area contributed by atoms with Gasteiger partial charge in [0.05, 0.1) is 29.3 Å². The van der Waals surface area contributed by atoms with Gasteiger partial charge in [-0.3, -0.25) is 9.59 Å². The molecule has 0 aliphatic carbocycles. The SMILES string of the molecule is COc1cc(C=C2SC(=O)N(c3ccccc3)C2=O)cc(Br)c1OC. The topological polar surface area (TPSA) is 55.8 Å². The third-order valence-corrected chi connectivity index (χ3v) is 5.02. The van der Waals surface area contributed by atoms with Crippen LogP contribution in [0.15, 0.2) is 51.8 Å². The number of anilines is 1. The number of hydrogen-bond acceptors (Lipinski definition) is 5. The largest absolute Gasteiger partial charge is 0.493 e. The number of carbonyl (C=O) groups is 2. The Morgan fingerprint density at radius 2 is 1.80 bits per heavy atom. The highest BCUT2D eigenvalue weighted by molar-refractivity contribution is 9.10. The van der Waals surface area contributed by atoms with Crippen LogP contribution in [-0.4, -0.2) is 25.4 Å². The van der Waals surface area contributed by atoms with Crippen molar-refractivity contribution >= 4 is 50.6 Å². The van der Waals surface area contributed by atoms with Crippen LogP contribution >= 0.6 is 27.7 Å². The first kappa shape index (κ1) is 17.6. The molecule has 0 unspecified atom stereocenters. The normalized spacial score (nSPS) is 15.8. The third kappa shape index (κ3) is 3.43. The lowest BCUT2D eigenvalue weighted by molar-refractivity contribution is -0.113. The number of hydrogen-bond donors (Lipinski definition) is 0. The van der Waals surface area contributed by atoms with E-state index in [9.17, 15) is 9.59 Å². The molecule has 2 aromatic rings. The summed E-state index contributed by atoms with van der Waals surface area (Å²) >= 11 is 4.33. The first-order valence-electron chi connectivity index (χ1n) is 7.29. The number of imide groups is 1. The van der Waals surface area contributed by atoms with Gasteiger partial charge in [0.15, 0.2) is 11.5 Å². The summed E-state index contributed by atoms with van der Waals surface area (Å²) in [5.74, 6) is 0.759. The Kier molecular flexibility index (Phi) is 5.15. The first-order chi connectivity index (χ1) is 12.0. The van der Waals surface area contributed by atoms with Gasteiger partial charge in [0.25, 0.3) is 11.1 Å². The Hall–Kier alpha value is -2.25. The molecule has 5 nitrogen and oxygen atoms in total. The highest BCUT2D eigenvalue weighted by atomic mass is 79.9. The number of rotatable bonds is 4. The number of carbonyl (C=O) groups excluding carboxylic acids is 2. The second-order valence-electron chi connectivity index (χ2n) is 5.09. The van der Waals surface area contributed by atoms with Crippen molar-refractivity contribution in [3.63, 3.8) is 0 Å². The van der Waals surface area contributed by atoms with E-state index in [0.29, 0.717) is 26.6 Å². The number of methoxy groups -OCH3 is 2. The van der Waals surface area contributed by atoms with Gasteiger partial charge in [0, 0.05) is 0 Å². The van der Waals surface area contributed by atoms with Gasteiger partial charge in [0.1, 0.15) is 0 Å². The zero-order chi connectivity index (χ0) is 18.0. The minimum Gasteiger partial charge on any atom is -0.493 e. The molecule has 128 valence electrons. The number of para-hydroxylation sites is 1. The van der Waals surface area contributed by atoms with Gasteiger partial charge < -0.3 is 9.47 Å². The predicted octanol–water partition coefficient (Wildman–Crippen LogP) is 4.71. The van der Waals surface area contributed by atoms with Gasteiger partial charge in [0.2, 0.25) is 0 Å². The van der Waals surface area contributed by atoms with Gasteiger partial charge in [-0.25, -0.2) is 4.90 Å².